The predicted molar refractivity (Wildman–Crippen MR) is 600 cm³/mol. The standard InChI is InChI=1S/2C27H15NO.2C27H15NS.C21H11N5/c1-2-7-17-13-24-20(12-16(17)6-1)21-14-23-18-8-3-4-10-25(18)29-26(23)15-22(21)19-9-5-11-28-27(19)24;1-2-7-17-13-24-20(12-16(17)6-1)22-15-26-23(18-8-3-4-10-25(18)29-26)14-21(22)19-9-5-11-28-27(19)24;1-2-7-17-13-24-20(12-16(17)6-1)21-14-23-18-8-3-4-10-25(18)29-26(23)15-22(21)19-9-5-11-28-27(19)24;1-2-7-17-13-24-20(12-16(17)6-1)22-15-26-23(18-8-3-4-10-25(18)29-26)14-21(22)19-9-5-11-28-27(19)24;1-2-5-13-11-16-15(10-12(13)4-1)17-14(6-3-7-22-17)18-19(16)26-21-20(25-18)23-8-9-24-21/h4*1-15H;1-11H. The van der Waals surface area contributed by atoms with Gasteiger partial charge in [0.15, 0.2) is 11.3 Å². The lowest BCUT2D eigenvalue weighted by molar-refractivity contribution is 0.669. The van der Waals surface area contributed by atoms with E-state index >= 15 is 0 Å². The lowest BCUT2D eigenvalue weighted by atomic mass is 9.93. The summed E-state index contributed by atoms with van der Waals surface area (Å²) in [4.78, 5) is 42.0. The van der Waals surface area contributed by atoms with Gasteiger partial charge in [-0.1, -0.05) is 218 Å². The summed E-state index contributed by atoms with van der Waals surface area (Å²) in [6.45, 7) is 0. The molecule has 0 spiro atoms. The second-order valence-electron chi connectivity index (χ2n) is 36.8. The van der Waals surface area contributed by atoms with Gasteiger partial charge in [-0.25, -0.2) is 19.9 Å². The van der Waals surface area contributed by atoms with E-state index in [1.54, 1.807) is 12.4 Å². The largest absolute Gasteiger partial charge is 0.456 e. The summed E-state index contributed by atoms with van der Waals surface area (Å²) >= 11 is 3.75. The van der Waals surface area contributed by atoms with E-state index in [0.29, 0.717) is 11.3 Å². The number of para-hydroxylation sites is 2. The van der Waals surface area contributed by atoms with Gasteiger partial charge in [-0.05, 0) is 288 Å². The van der Waals surface area contributed by atoms with E-state index in [2.05, 4.69) is 330 Å². The topological polar surface area (TPSA) is 142 Å². The Balaban J connectivity index is 0.0000000831. The zero-order valence-corrected chi connectivity index (χ0v) is 77.3. The number of hydrogen-bond acceptors (Lipinski definition) is 13. The highest BCUT2D eigenvalue weighted by molar-refractivity contribution is 7.26. The Morgan fingerprint density at radius 3 is 0.725 bits per heavy atom. The van der Waals surface area contributed by atoms with Crippen LogP contribution in [0.3, 0.4) is 0 Å². The van der Waals surface area contributed by atoms with Gasteiger partial charge in [0.05, 0.1) is 27.6 Å². The van der Waals surface area contributed by atoms with Crippen LogP contribution in [-0.2, 0) is 0 Å². The zero-order chi connectivity index (χ0) is 92.9. The minimum absolute atomic E-state index is 0.547. The molecule has 34 aromatic rings. The van der Waals surface area contributed by atoms with Gasteiger partial charge in [0.2, 0.25) is 0 Å². The van der Waals surface area contributed by atoms with Gasteiger partial charge in [-0.2, -0.15) is 0 Å². The van der Waals surface area contributed by atoms with Crippen molar-refractivity contribution in [2.45, 2.75) is 0 Å². The van der Waals surface area contributed by atoms with E-state index in [0.717, 1.165) is 109 Å². The Labute approximate surface area is 813 Å². The van der Waals surface area contributed by atoms with Crippen molar-refractivity contribution in [1.82, 2.24) is 44.9 Å². The number of thiophene rings is 2. The maximum Gasteiger partial charge on any atom is 0.198 e. The molecule has 23 aromatic carbocycles. The van der Waals surface area contributed by atoms with E-state index in [1.807, 2.05) is 126 Å². The van der Waals surface area contributed by atoms with Crippen LogP contribution in [0.15, 0.2) is 440 Å². The fraction of sp³-hybridized carbons (Fsp3) is 0. The minimum atomic E-state index is 0.547. The van der Waals surface area contributed by atoms with E-state index in [1.165, 1.54) is 191 Å². The van der Waals surface area contributed by atoms with Crippen molar-refractivity contribution in [1.29, 1.82) is 0 Å². The fourth-order valence-electron chi connectivity index (χ4n) is 22.5. The molecule has 34 rings (SSSR count). The summed E-state index contributed by atoms with van der Waals surface area (Å²) in [6.07, 6.45) is 12.7. The van der Waals surface area contributed by atoms with Crippen LogP contribution in [0.25, 0.3) is 312 Å². The third-order valence-electron chi connectivity index (χ3n) is 29.0. The van der Waals surface area contributed by atoms with Crippen LogP contribution >= 0.6 is 22.7 Å². The molecule has 11 heterocycles. The van der Waals surface area contributed by atoms with Crippen LogP contribution in [0, 0.1) is 0 Å². The molecule has 0 fully saturated rings. The maximum atomic E-state index is 6.19. The number of furan rings is 2. The monoisotopic (exact) mass is 1840 g/mol. The highest BCUT2D eigenvalue weighted by atomic mass is 32.1. The molecule has 0 aliphatic heterocycles. The number of aromatic nitrogens is 9. The van der Waals surface area contributed by atoms with Gasteiger partial charge < -0.3 is 8.83 Å². The van der Waals surface area contributed by atoms with Crippen LogP contribution < -0.4 is 0 Å². The van der Waals surface area contributed by atoms with E-state index in [9.17, 15) is 0 Å². The summed E-state index contributed by atoms with van der Waals surface area (Å²) in [6, 6.07) is 139. The highest BCUT2D eigenvalue weighted by Gasteiger charge is 2.23. The zero-order valence-electron chi connectivity index (χ0n) is 75.6. The number of benzene rings is 23. The van der Waals surface area contributed by atoms with E-state index in [4.69, 9.17) is 38.7 Å². The molecule has 142 heavy (non-hydrogen) atoms. The van der Waals surface area contributed by atoms with Crippen molar-refractivity contribution >= 4 is 335 Å². The highest BCUT2D eigenvalue weighted by Crippen LogP contribution is 2.49. The molecule has 0 aliphatic rings. The van der Waals surface area contributed by atoms with Crippen LogP contribution in [0.2, 0.25) is 0 Å². The summed E-state index contributed by atoms with van der Waals surface area (Å²) in [7, 11) is 0. The summed E-state index contributed by atoms with van der Waals surface area (Å²) in [5, 5.41) is 50.1. The first-order valence-electron chi connectivity index (χ1n) is 47.6. The molecule has 0 bridgehead atoms. The summed E-state index contributed by atoms with van der Waals surface area (Å²) < 4.78 is 17.7. The molecule has 0 saturated heterocycles. The molecular weight excluding hydrogens is 1770 g/mol. The van der Waals surface area contributed by atoms with E-state index in [-0.39, 0.29) is 0 Å². The number of fused-ring (bicyclic) bond motifs is 48. The Hall–Kier alpha value is -18.5. The number of hydrogen-bond donors (Lipinski definition) is 0. The second kappa shape index (κ2) is 31.5. The van der Waals surface area contributed by atoms with Crippen LogP contribution in [-0.4, -0.2) is 44.9 Å². The summed E-state index contributed by atoms with van der Waals surface area (Å²) in [5.41, 5.74) is 11.6. The third kappa shape index (κ3) is 12.6. The van der Waals surface area contributed by atoms with Gasteiger partial charge in [0.25, 0.3) is 0 Å². The Bertz CT molecular complexity index is 10900. The number of rotatable bonds is 0. The molecule has 656 valence electrons. The van der Waals surface area contributed by atoms with Gasteiger partial charge in [0.1, 0.15) is 33.4 Å². The van der Waals surface area contributed by atoms with Gasteiger partial charge in [-0.3, -0.25) is 24.9 Å². The first-order chi connectivity index (χ1) is 70.3. The Kier molecular flexibility index (Phi) is 17.7. The third-order valence-corrected chi connectivity index (χ3v) is 31.2. The van der Waals surface area contributed by atoms with Crippen molar-refractivity contribution in [2.24, 2.45) is 0 Å². The predicted octanol–water partition coefficient (Wildman–Crippen LogP) is 35.7. The van der Waals surface area contributed by atoms with Crippen molar-refractivity contribution in [2.75, 3.05) is 0 Å². The molecule has 0 N–H and O–H groups in total. The van der Waals surface area contributed by atoms with Crippen molar-refractivity contribution in [3.63, 3.8) is 0 Å². The minimum Gasteiger partial charge on any atom is -0.456 e. The Morgan fingerprint density at radius 1 is 0.134 bits per heavy atom. The van der Waals surface area contributed by atoms with Crippen LogP contribution in [0.5, 0.6) is 0 Å². The molecule has 0 radical (unpaired) electrons. The summed E-state index contributed by atoms with van der Waals surface area (Å²) in [5.74, 6) is 0. The van der Waals surface area contributed by atoms with Gasteiger partial charge in [0, 0.05) is 165 Å². The smallest absolute Gasteiger partial charge is 0.198 e. The van der Waals surface area contributed by atoms with Crippen LogP contribution in [0.4, 0.5) is 0 Å². The lowest BCUT2D eigenvalue weighted by Crippen LogP contribution is -1.95. The second-order valence-corrected chi connectivity index (χ2v) is 39.0. The molecule has 13 heteroatoms. The first kappa shape index (κ1) is 79.7. The van der Waals surface area contributed by atoms with Crippen LogP contribution in [0.1, 0.15) is 0 Å². The SMILES string of the molecule is c1ccc2cc3c(cc2c1)c1cc2c(cc1c1cccnc13)oc1ccccc12.c1ccc2cc3c(cc2c1)c1cc2c(cc1c1cccnc13)sc1ccccc12.c1ccc2cc3c(cc2c1)c1cc2oc4ccccc4c2cc1c1cccnc13.c1ccc2cc3c(cc2c1)c1cc2sc4ccccc4c2cc1c1cccnc13.c1ccc2cc3c(cc2c1)c1ncccc1c1nc2nccnc2nc31. The lowest BCUT2D eigenvalue weighted by Gasteiger charge is -2.11. The Morgan fingerprint density at radius 2 is 0.366 bits per heavy atom. The van der Waals surface area contributed by atoms with Gasteiger partial charge >= 0.3 is 0 Å². The molecule has 11 nitrogen and oxygen atoms in total. The molecule has 0 aliphatic carbocycles. The van der Waals surface area contributed by atoms with Crippen molar-refractivity contribution in [3.05, 3.63) is 432 Å². The molecule has 0 saturated carbocycles. The van der Waals surface area contributed by atoms with E-state index < -0.39 is 0 Å². The molecule has 0 amide bonds. The molecule has 11 aromatic heterocycles. The number of nitrogens with zero attached hydrogens (tertiary/aromatic N) is 9. The molecular formula is C129H71N9O2S2. The molecule has 0 atom stereocenters. The fourth-order valence-corrected chi connectivity index (χ4v) is 24.7. The molecule has 0 unspecified atom stereocenters. The van der Waals surface area contributed by atoms with Crippen molar-refractivity contribution in [3.8, 4) is 0 Å². The average molecular weight is 1840 g/mol. The first-order valence-corrected chi connectivity index (χ1v) is 49.2. The normalized spacial score (nSPS) is 12.1. The average Bonchev–Trinajstić information content (AvgIpc) is 1.48. The quantitative estimate of drug-likeness (QED) is 0.106. The van der Waals surface area contributed by atoms with Crippen molar-refractivity contribution < 1.29 is 8.83 Å². The maximum absolute atomic E-state index is 6.19. The number of pyridine rings is 5. The van der Waals surface area contributed by atoms with Gasteiger partial charge in [-0.15, -0.1) is 22.7 Å².